The summed E-state index contributed by atoms with van der Waals surface area (Å²) in [4.78, 5) is 12.2. The largest absolute Gasteiger partial charge is 0.497 e. The number of carbonyl (C=O) groups is 1. The zero-order valence-electron chi connectivity index (χ0n) is 13.0. The van der Waals surface area contributed by atoms with Gasteiger partial charge >= 0.3 is 0 Å². The van der Waals surface area contributed by atoms with E-state index in [1.807, 2.05) is 13.0 Å². The Kier molecular flexibility index (Phi) is 4.95. The van der Waals surface area contributed by atoms with Gasteiger partial charge in [0.05, 0.1) is 37.7 Å². The Morgan fingerprint density at radius 3 is 2.59 bits per heavy atom. The first-order valence-corrected chi connectivity index (χ1v) is 8.91. The summed E-state index contributed by atoms with van der Waals surface area (Å²) in [5.41, 5.74) is 0.817. The molecule has 1 aliphatic heterocycles. The average Bonchev–Trinajstić information content (AvgIpc) is 2.86. The molecule has 22 heavy (non-hydrogen) atoms. The number of methoxy groups -OCH3 is 2. The smallest absolute Gasteiger partial charge is 0.224 e. The van der Waals surface area contributed by atoms with Crippen LogP contribution < -0.4 is 14.8 Å². The average molecular weight is 327 g/mol. The molecule has 0 unspecified atom stereocenters. The Morgan fingerprint density at radius 2 is 2.05 bits per heavy atom. The van der Waals surface area contributed by atoms with E-state index in [1.165, 1.54) is 0 Å². The maximum atomic E-state index is 12.2. The van der Waals surface area contributed by atoms with Crippen LogP contribution in [0, 0.1) is 5.92 Å². The Balaban J connectivity index is 2.09. The van der Waals surface area contributed by atoms with Crippen molar-refractivity contribution in [2.75, 3.05) is 25.7 Å². The van der Waals surface area contributed by atoms with Gasteiger partial charge in [0.25, 0.3) is 0 Å². The predicted molar refractivity (Wildman–Crippen MR) is 82.9 cm³/mol. The molecule has 0 spiro atoms. The third kappa shape index (κ3) is 3.71. The molecule has 2 atom stereocenters. The lowest BCUT2D eigenvalue weighted by molar-refractivity contribution is -0.124. The molecule has 0 aliphatic carbocycles. The van der Waals surface area contributed by atoms with Crippen LogP contribution in [-0.4, -0.2) is 40.1 Å². The third-order valence-electron chi connectivity index (χ3n) is 3.87. The first kappa shape index (κ1) is 16.6. The van der Waals surface area contributed by atoms with Crippen molar-refractivity contribution in [2.45, 2.75) is 19.4 Å². The van der Waals surface area contributed by atoms with Gasteiger partial charge in [0, 0.05) is 11.6 Å². The maximum absolute atomic E-state index is 12.2. The summed E-state index contributed by atoms with van der Waals surface area (Å²) in [7, 11) is 0.0568. The molecule has 1 heterocycles. The molecule has 6 nitrogen and oxygen atoms in total. The van der Waals surface area contributed by atoms with Gasteiger partial charge in [-0.05, 0) is 25.5 Å². The highest BCUT2D eigenvalue weighted by molar-refractivity contribution is 7.91. The van der Waals surface area contributed by atoms with Crippen LogP contribution in [0.5, 0.6) is 11.5 Å². The van der Waals surface area contributed by atoms with Gasteiger partial charge in [-0.15, -0.1) is 0 Å². The molecule has 0 radical (unpaired) electrons. The molecule has 2 rings (SSSR count). The van der Waals surface area contributed by atoms with Gasteiger partial charge in [-0.25, -0.2) is 8.42 Å². The number of benzene rings is 1. The molecule has 1 aromatic rings. The van der Waals surface area contributed by atoms with E-state index in [0.717, 1.165) is 5.56 Å². The van der Waals surface area contributed by atoms with E-state index in [9.17, 15) is 13.2 Å². The molecule has 1 fully saturated rings. The molecule has 1 aromatic carbocycles. The van der Waals surface area contributed by atoms with E-state index in [4.69, 9.17) is 9.47 Å². The van der Waals surface area contributed by atoms with Crippen molar-refractivity contribution in [3.63, 3.8) is 0 Å². The summed E-state index contributed by atoms with van der Waals surface area (Å²) >= 11 is 0. The van der Waals surface area contributed by atoms with Crippen LogP contribution in [-0.2, 0) is 14.6 Å². The van der Waals surface area contributed by atoms with Gasteiger partial charge in [0.2, 0.25) is 5.91 Å². The van der Waals surface area contributed by atoms with Gasteiger partial charge in [0.15, 0.2) is 9.84 Å². The predicted octanol–water partition coefficient (Wildman–Crippen LogP) is 1.32. The third-order valence-corrected chi connectivity index (χ3v) is 5.64. The minimum atomic E-state index is -3.06. The number of carbonyl (C=O) groups excluding carboxylic acids is 1. The van der Waals surface area contributed by atoms with Crippen LogP contribution in [0.1, 0.15) is 24.9 Å². The minimum absolute atomic E-state index is 0.0642. The molecule has 1 N–H and O–H groups in total. The van der Waals surface area contributed by atoms with Crippen molar-refractivity contribution in [2.24, 2.45) is 5.92 Å². The van der Waals surface area contributed by atoms with Crippen LogP contribution in [0.3, 0.4) is 0 Å². The number of hydrogen-bond donors (Lipinski definition) is 1. The fourth-order valence-electron chi connectivity index (χ4n) is 2.59. The first-order chi connectivity index (χ1) is 10.4. The van der Waals surface area contributed by atoms with E-state index >= 15 is 0 Å². The minimum Gasteiger partial charge on any atom is -0.497 e. The Morgan fingerprint density at radius 1 is 1.32 bits per heavy atom. The SMILES string of the molecule is COc1ccc([C@H](C)NC(=O)[C@@H]2CCS(=O)(=O)C2)c(OC)c1. The van der Waals surface area contributed by atoms with Gasteiger partial charge < -0.3 is 14.8 Å². The molecule has 1 aliphatic rings. The molecule has 1 saturated heterocycles. The summed E-state index contributed by atoms with van der Waals surface area (Å²) in [5.74, 6) is 0.617. The van der Waals surface area contributed by atoms with Crippen LogP contribution >= 0.6 is 0 Å². The Hall–Kier alpha value is -1.76. The standard InChI is InChI=1S/C15H21NO5S/c1-10(13-5-4-12(20-2)8-14(13)21-3)16-15(17)11-6-7-22(18,19)9-11/h4-5,8,10-11H,6-7,9H2,1-3H3,(H,16,17)/t10-,11+/m0/s1. The first-order valence-electron chi connectivity index (χ1n) is 7.09. The number of amides is 1. The molecule has 0 aromatic heterocycles. The van der Waals surface area contributed by atoms with Crippen LogP contribution in [0.25, 0.3) is 0 Å². The second-order valence-electron chi connectivity index (χ2n) is 5.44. The lowest BCUT2D eigenvalue weighted by Gasteiger charge is -2.19. The van der Waals surface area contributed by atoms with E-state index < -0.39 is 15.8 Å². The number of rotatable bonds is 5. The molecule has 1 amide bonds. The van der Waals surface area contributed by atoms with Crippen molar-refractivity contribution < 1.29 is 22.7 Å². The van der Waals surface area contributed by atoms with E-state index in [1.54, 1.807) is 26.4 Å². The van der Waals surface area contributed by atoms with E-state index in [0.29, 0.717) is 17.9 Å². The highest BCUT2D eigenvalue weighted by Crippen LogP contribution is 2.30. The fourth-order valence-corrected chi connectivity index (χ4v) is 4.33. The molecule has 0 saturated carbocycles. The molecular formula is C15H21NO5S. The lowest BCUT2D eigenvalue weighted by atomic mass is 10.0. The zero-order valence-corrected chi connectivity index (χ0v) is 13.8. The van der Waals surface area contributed by atoms with Crippen molar-refractivity contribution in [1.29, 1.82) is 0 Å². The molecular weight excluding hydrogens is 306 g/mol. The van der Waals surface area contributed by atoms with Crippen molar-refractivity contribution in [3.8, 4) is 11.5 Å². The fraction of sp³-hybridized carbons (Fsp3) is 0.533. The van der Waals surface area contributed by atoms with Crippen LogP contribution in [0.15, 0.2) is 18.2 Å². The van der Waals surface area contributed by atoms with Crippen molar-refractivity contribution >= 4 is 15.7 Å². The Labute approximate surface area is 130 Å². The van der Waals surface area contributed by atoms with E-state index in [2.05, 4.69) is 5.32 Å². The van der Waals surface area contributed by atoms with Crippen molar-refractivity contribution in [1.82, 2.24) is 5.32 Å². The quantitative estimate of drug-likeness (QED) is 0.882. The zero-order chi connectivity index (χ0) is 16.3. The Bertz CT molecular complexity index is 656. The number of nitrogens with one attached hydrogen (secondary N) is 1. The highest BCUT2D eigenvalue weighted by atomic mass is 32.2. The number of sulfone groups is 1. The summed E-state index contributed by atoms with van der Waals surface area (Å²) < 4.78 is 33.4. The number of ether oxygens (including phenoxy) is 2. The summed E-state index contributed by atoms with van der Waals surface area (Å²) in [5, 5.41) is 2.86. The summed E-state index contributed by atoms with van der Waals surface area (Å²) in [6.07, 6.45) is 0.390. The number of hydrogen-bond acceptors (Lipinski definition) is 5. The highest BCUT2D eigenvalue weighted by Gasteiger charge is 2.33. The van der Waals surface area contributed by atoms with E-state index in [-0.39, 0.29) is 23.5 Å². The maximum Gasteiger partial charge on any atom is 0.224 e. The second-order valence-corrected chi connectivity index (χ2v) is 7.67. The van der Waals surface area contributed by atoms with Crippen LogP contribution in [0.4, 0.5) is 0 Å². The second kappa shape index (κ2) is 6.56. The summed E-state index contributed by atoms with van der Waals surface area (Å²) in [6, 6.07) is 5.09. The topological polar surface area (TPSA) is 81.7 Å². The van der Waals surface area contributed by atoms with Gasteiger partial charge in [-0.2, -0.15) is 0 Å². The summed E-state index contributed by atoms with van der Waals surface area (Å²) in [6.45, 7) is 1.84. The van der Waals surface area contributed by atoms with Gasteiger partial charge in [-0.1, -0.05) is 0 Å². The molecule has 122 valence electrons. The van der Waals surface area contributed by atoms with Crippen molar-refractivity contribution in [3.05, 3.63) is 23.8 Å². The normalized spacial score (nSPS) is 21.1. The van der Waals surface area contributed by atoms with Gasteiger partial charge in [0.1, 0.15) is 11.5 Å². The lowest BCUT2D eigenvalue weighted by Crippen LogP contribution is -2.33. The van der Waals surface area contributed by atoms with Gasteiger partial charge in [-0.3, -0.25) is 4.79 Å². The monoisotopic (exact) mass is 327 g/mol. The molecule has 7 heteroatoms. The van der Waals surface area contributed by atoms with Crippen LogP contribution in [0.2, 0.25) is 0 Å². The molecule has 0 bridgehead atoms.